The summed E-state index contributed by atoms with van der Waals surface area (Å²) in [7, 11) is 0. The maximum atomic E-state index is 13.3. The highest BCUT2D eigenvalue weighted by Gasteiger charge is 2.47. The highest BCUT2D eigenvalue weighted by atomic mass is 16.6. The quantitative estimate of drug-likeness (QED) is 0.469. The molecule has 3 heteroatoms. The lowest BCUT2D eigenvalue weighted by molar-refractivity contribution is -0.162. The molecule has 0 aliphatic heterocycles. The third-order valence-electron chi connectivity index (χ3n) is 6.60. The molecular formula is C28H39NO2. The Morgan fingerprint density at radius 1 is 0.968 bits per heavy atom. The summed E-state index contributed by atoms with van der Waals surface area (Å²) in [5.41, 5.74) is 2.10. The molecule has 0 unspecified atom stereocenters. The second-order valence-electron chi connectivity index (χ2n) is 10.4. The monoisotopic (exact) mass is 421 g/mol. The Balaban J connectivity index is 2.00. The van der Waals surface area contributed by atoms with Gasteiger partial charge in [-0.05, 0) is 63.5 Å². The molecule has 0 N–H and O–H groups in total. The summed E-state index contributed by atoms with van der Waals surface area (Å²) in [6.45, 7) is 13.6. The number of hydrogen-bond acceptors (Lipinski definition) is 3. The zero-order valence-electron chi connectivity index (χ0n) is 20.0. The molecule has 168 valence electrons. The third-order valence-corrected chi connectivity index (χ3v) is 6.60. The van der Waals surface area contributed by atoms with Crippen molar-refractivity contribution in [3.63, 3.8) is 0 Å². The molecule has 1 aliphatic rings. The van der Waals surface area contributed by atoms with Crippen LogP contribution in [-0.2, 0) is 16.1 Å². The smallest absolute Gasteiger partial charge is 0.311 e. The van der Waals surface area contributed by atoms with Crippen molar-refractivity contribution in [3.8, 4) is 0 Å². The van der Waals surface area contributed by atoms with E-state index >= 15 is 0 Å². The Morgan fingerprint density at radius 3 is 2.10 bits per heavy atom. The number of rotatable bonds is 7. The SMILES string of the molecule is CC(C)[C@H]1CC[C@@H](C(=O)OC(C)(C)C)[C@H]1N(Cc1ccccc1)[C@@H](C)c1ccccc1. The number of nitrogens with zero attached hydrogens (tertiary/aromatic N) is 1. The van der Waals surface area contributed by atoms with Gasteiger partial charge in [0.15, 0.2) is 0 Å². The largest absolute Gasteiger partial charge is 0.460 e. The molecule has 1 saturated carbocycles. The van der Waals surface area contributed by atoms with E-state index in [1.54, 1.807) is 0 Å². The van der Waals surface area contributed by atoms with Crippen LogP contribution in [-0.4, -0.2) is 22.5 Å². The molecule has 0 amide bonds. The van der Waals surface area contributed by atoms with Crippen molar-refractivity contribution in [2.24, 2.45) is 17.8 Å². The lowest BCUT2D eigenvalue weighted by Crippen LogP contribution is -2.47. The topological polar surface area (TPSA) is 29.5 Å². The van der Waals surface area contributed by atoms with Crippen molar-refractivity contribution in [1.29, 1.82) is 0 Å². The molecule has 1 fully saturated rings. The van der Waals surface area contributed by atoms with Gasteiger partial charge < -0.3 is 4.74 Å². The number of benzene rings is 2. The molecule has 0 heterocycles. The van der Waals surface area contributed by atoms with Crippen LogP contribution in [0.25, 0.3) is 0 Å². The van der Waals surface area contributed by atoms with Crippen LogP contribution in [0.5, 0.6) is 0 Å². The second kappa shape index (κ2) is 9.99. The number of esters is 1. The summed E-state index contributed by atoms with van der Waals surface area (Å²) in [4.78, 5) is 15.9. The van der Waals surface area contributed by atoms with Crippen LogP contribution in [0.2, 0.25) is 0 Å². The predicted octanol–water partition coefficient (Wildman–Crippen LogP) is 6.64. The van der Waals surface area contributed by atoms with Crippen molar-refractivity contribution in [1.82, 2.24) is 4.90 Å². The fourth-order valence-corrected chi connectivity index (χ4v) is 5.07. The molecule has 3 nitrogen and oxygen atoms in total. The van der Waals surface area contributed by atoms with Gasteiger partial charge >= 0.3 is 5.97 Å². The van der Waals surface area contributed by atoms with Crippen molar-refractivity contribution in [2.45, 2.75) is 78.6 Å². The molecule has 2 aromatic carbocycles. The Kier molecular flexibility index (Phi) is 7.59. The summed E-state index contributed by atoms with van der Waals surface area (Å²) in [5.74, 6) is 0.839. The molecule has 31 heavy (non-hydrogen) atoms. The standard InChI is InChI=1S/C28H39NO2/c1-20(2)24-17-18-25(27(30)31-28(4,5)6)26(24)29(19-22-13-9-7-10-14-22)21(3)23-15-11-8-12-16-23/h7-16,20-21,24-26H,17-19H2,1-6H3/t21-,24+,25+,26-/m0/s1. The van der Waals surface area contributed by atoms with Gasteiger partial charge in [0.2, 0.25) is 0 Å². The van der Waals surface area contributed by atoms with E-state index in [9.17, 15) is 4.79 Å². The fraction of sp³-hybridized carbons (Fsp3) is 0.536. The first kappa shape index (κ1) is 23.5. The lowest BCUT2D eigenvalue weighted by atomic mass is 9.85. The van der Waals surface area contributed by atoms with Crippen LogP contribution in [0.1, 0.15) is 71.6 Å². The molecule has 2 aromatic rings. The van der Waals surface area contributed by atoms with Gasteiger partial charge in [-0.1, -0.05) is 74.5 Å². The number of carbonyl (C=O) groups excluding carboxylic acids is 1. The lowest BCUT2D eigenvalue weighted by Gasteiger charge is -2.41. The van der Waals surface area contributed by atoms with Gasteiger partial charge in [-0.15, -0.1) is 0 Å². The first-order valence-electron chi connectivity index (χ1n) is 11.7. The molecule has 1 aliphatic carbocycles. The van der Waals surface area contributed by atoms with Crippen LogP contribution < -0.4 is 0 Å². The van der Waals surface area contributed by atoms with E-state index in [-0.39, 0.29) is 24.0 Å². The number of carbonyl (C=O) groups is 1. The van der Waals surface area contributed by atoms with E-state index in [4.69, 9.17) is 4.74 Å². The van der Waals surface area contributed by atoms with Crippen molar-refractivity contribution in [3.05, 3.63) is 71.8 Å². The first-order valence-corrected chi connectivity index (χ1v) is 11.7. The molecule has 0 spiro atoms. The minimum Gasteiger partial charge on any atom is -0.460 e. The van der Waals surface area contributed by atoms with Gasteiger partial charge in [-0.2, -0.15) is 0 Å². The van der Waals surface area contributed by atoms with Gasteiger partial charge in [0, 0.05) is 18.6 Å². The Labute approximate surface area is 188 Å². The molecule has 0 aromatic heterocycles. The van der Waals surface area contributed by atoms with Gasteiger partial charge in [0.05, 0.1) is 5.92 Å². The van der Waals surface area contributed by atoms with Crippen molar-refractivity contribution >= 4 is 5.97 Å². The minimum absolute atomic E-state index is 0.0426. The van der Waals surface area contributed by atoms with Gasteiger partial charge in [-0.25, -0.2) is 0 Å². The van der Waals surface area contributed by atoms with E-state index in [1.807, 2.05) is 20.8 Å². The van der Waals surface area contributed by atoms with Gasteiger partial charge in [0.25, 0.3) is 0 Å². The van der Waals surface area contributed by atoms with Crippen molar-refractivity contribution < 1.29 is 9.53 Å². The third kappa shape index (κ3) is 5.98. The number of hydrogen-bond donors (Lipinski definition) is 0. The Morgan fingerprint density at radius 2 is 1.55 bits per heavy atom. The molecule has 0 radical (unpaired) electrons. The van der Waals surface area contributed by atoms with Crippen molar-refractivity contribution in [2.75, 3.05) is 0 Å². The first-order chi connectivity index (χ1) is 14.7. The summed E-state index contributed by atoms with van der Waals surface area (Å²) in [6.07, 6.45) is 1.97. The van der Waals surface area contributed by atoms with Crippen LogP contribution in [0.15, 0.2) is 60.7 Å². The van der Waals surface area contributed by atoms with E-state index in [1.165, 1.54) is 11.1 Å². The zero-order valence-corrected chi connectivity index (χ0v) is 20.0. The Hall–Kier alpha value is -2.13. The van der Waals surface area contributed by atoms with Crippen LogP contribution >= 0.6 is 0 Å². The van der Waals surface area contributed by atoms with Gasteiger partial charge in [-0.3, -0.25) is 9.69 Å². The van der Waals surface area contributed by atoms with Gasteiger partial charge in [0.1, 0.15) is 5.60 Å². The van der Waals surface area contributed by atoms with Crippen LogP contribution in [0.3, 0.4) is 0 Å². The Bertz CT molecular complexity index is 825. The molecule has 0 saturated heterocycles. The predicted molar refractivity (Wildman–Crippen MR) is 128 cm³/mol. The average molecular weight is 422 g/mol. The summed E-state index contributed by atoms with van der Waals surface area (Å²) in [6, 6.07) is 21.7. The average Bonchev–Trinajstić information content (AvgIpc) is 3.17. The van der Waals surface area contributed by atoms with E-state index < -0.39 is 5.60 Å². The highest BCUT2D eigenvalue weighted by Crippen LogP contribution is 2.44. The zero-order chi connectivity index (χ0) is 22.6. The molecule has 4 atom stereocenters. The second-order valence-corrected chi connectivity index (χ2v) is 10.4. The summed E-state index contributed by atoms with van der Waals surface area (Å²) >= 11 is 0. The van der Waals surface area contributed by atoms with E-state index in [0.717, 1.165) is 19.4 Å². The molecule has 3 rings (SSSR count). The fourth-order valence-electron chi connectivity index (χ4n) is 5.07. The van der Waals surface area contributed by atoms with E-state index in [0.29, 0.717) is 11.8 Å². The maximum Gasteiger partial charge on any atom is 0.311 e. The molecule has 0 bridgehead atoms. The normalized spacial score (nSPS) is 22.6. The summed E-state index contributed by atoms with van der Waals surface area (Å²) < 4.78 is 5.90. The highest BCUT2D eigenvalue weighted by molar-refractivity contribution is 5.74. The number of ether oxygens (including phenoxy) is 1. The van der Waals surface area contributed by atoms with Crippen LogP contribution in [0, 0.1) is 17.8 Å². The summed E-state index contributed by atoms with van der Waals surface area (Å²) in [5, 5.41) is 0. The minimum atomic E-state index is -0.465. The maximum absolute atomic E-state index is 13.3. The molecular weight excluding hydrogens is 382 g/mol. The van der Waals surface area contributed by atoms with Crippen LogP contribution in [0.4, 0.5) is 0 Å². The van der Waals surface area contributed by atoms with E-state index in [2.05, 4.69) is 86.3 Å².